The molecular weight excluding hydrogens is 273 g/mol. The van der Waals surface area contributed by atoms with Crippen molar-refractivity contribution in [1.82, 2.24) is 15.2 Å². The van der Waals surface area contributed by atoms with E-state index in [1.54, 1.807) is 5.51 Å². The number of nitrogens with one attached hydrogen (secondary N) is 1. The van der Waals surface area contributed by atoms with Crippen molar-refractivity contribution in [1.29, 1.82) is 0 Å². The average molecular weight is 280 g/mol. The molecule has 4 nitrogen and oxygen atoms in total. The fourth-order valence-electron chi connectivity index (χ4n) is 1.06. The molecule has 1 N–H and O–H groups in total. The molecule has 92 valence electrons. The Kier molecular flexibility index (Phi) is 3.29. The molecule has 0 atom stereocenters. The van der Waals surface area contributed by atoms with E-state index in [0.29, 0.717) is 17.9 Å². The lowest BCUT2D eigenvalue weighted by Gasteiger charge is -2.00. The van der Waals surface area contributed by atoms with Gasteiger partial charge < -0.3 is 5.32 Å². The van der Waals surface area contributed by atoms with Gasteiger partial charge in [0.25, 0.3) is 0 Å². The highest BCUT2D eigenvalue weighted by Crippen LogP contribution is 2.33. The molecule has 2 aromatic heterocycles. The Bertz CT molecular complexity index is 505. The van der Waals surface area contributed by atoms with E-state index in [4.69, 9.17) is 0 Å². The number of halogens is 3. The maximum Gasteiger partial charge on any atom is 0.445 e. The number of rotatable bonds is 3. The molecule has 0 aliphatic heterocycles. The molecule has 0 radical (unpaired) electrons. The maximum atomic E-state index is 12.3. The van der Waals surface area contributed by atoms with Gasteiger partial charge in [-0.2, -0.15) is 13.2 Å². The van der Waals surface area contributed by atoms with Gasteiger partial charge in [-0.25, -0.2) is 4.98 Å². The summed E-state index contributed by atoms with van der Waals surface area (Å²) in [6.07, 6.45) is -4.43. The Hall–Kier alpha value is -1.22. The van der Waals surface area contributed by atoms with Crippen LogP contribution >= 0.6 is 22.7 Å². The van der Waals surface area contributed by atoms with Crippen molar-refractivity contribution in [3.63, 3.8) is 0 Å². The normalized spacial score (nSPS) is 11.8. The minimum absolute atomic E-state index is 0.158. The van der Waals surface area contributed by atoms with Crippen LogP contribution in [0.5, 0.6) is 0 Å². The number of hydrogen-bond acceptors (Lipinski definition) is 6. The number of thiazole rings is 1. The van der Waals surface area contributed by atoms with Gasteiger partial charge in [0.1, 0.15) is 0 Å². The van der Waals surface area contributed by atoms with Gasteiger partial charge >= 0.3 is 6.18 Å². The van der Waals surface area contributed by atoms with Crippen LogP contribution in [-0.4, -0.2) is 15.2 Å². The largest absolute Gasteiger partial charge is 0.445 e. The monoisotopic (exact) mass is 280 g/mol. The van der Waals surface area contributed by atoms with Gasteiger partial charge in [-0.1, -0.05) is 11.3 Å². The summed E-state index contributed by atoms with van der Waals surface area (Å²) < 4.78 is 36.8. The second-order valence-electron chi connectivity index (χ2n) is 3.12. The highest BCUT2D eigenvalue weighted by Gasteiger charge is 2.35. The molecule has 0 fully saturated rings. The van der Waals surface area contributed by atoms with E-state index in [-0.39, 0.29) is 5.13 Å². The van der Waals surface area contributed by atoms with Crippen molar-refractivity contribution in [2.75, 3.05) is 5.32 Å². The van der Waals surface area contributed by atoms with Crippen molar-refractivity contribution in [2.24, 2.45) is 0 Å². The van der Waals surface area contributed by atoms with Gasteiger partial charge in [-0.15, -0.1) is 21.5 Å². The molecule has 0 unspecified atom stereocenters. The van der Waals surface area contributed by atoms with Crippen molar-refractivity contribution in [3.05, 3.63) is 21.1 Å². The van der Waals surface area contributed by atoms with Crippen LogP contribution in [0.15, 0.2) is 5.51 Å². The van der Waals surface area contributed by atoms with E-state index >= 15 is 0 Å². The molecule has 0 aliphatic carbocycles. The van der Waals surface area contributed by atoms with Crippen LogP contribution in [0.25, 0.3) is 0 Å². The first-order chi connectivity index (χ1) is 7.97. The van der Waals surface area contributed by atoms with Crippen molar-refractivity contribution < 1.29 is 13.2 Å². The van der Waals surface area contributed by atoms with Crippen LogP contribution in [0.3, 0.4) is 0 Å². The van der Waals surface area contributed by atoms with E-state index < -0.39 is 11.2 Å². The molecule has 0 aliphatic rings. The molecular formula is C8H7F3N4S2. The summed E-state index contributed by atoms with van der Waals surface area (Å²) in [5, 5.41) is 8.52. The predicted molar refractivity (Wildman–Crippen MR) is 59.1 cm³/mol. The number of anilines is 1. The van der Waals surface area contributed by atoms with Crippen LogP contribution < -0.4 is 5.32 Å². The van der Waals surface area contributed by atoms with E-state index in [0.717, 1.165) is 10.6 Å². The lowest BCUT2D eigenvalue weighted by atomic mass is 10.4. The molecule has 2 rings (SSSR count). The van der Waals surface area contributed by atoms with Crippen molar-refractivity contribution >= 4 is 27.8 Å². The first-order valence-electron chi connectivity index (χ1n) is 4.50. The molecule has 0 aromatic carbocycles. The van der Waals surface area contributed by atoms with Gasteiger partial charge in [0.2, 0.25) is 10.1 Å². The molecule has 0 saturated heterocycles. The molecule has 2 aromatic rings. The summed E-state index contributed by atoms with van der Waals surface area (Å²) in [4.78, 5) is 5.01. The van der Waals surface area contributed by atoms with Crippen molar-refractivity contribution in [3.8, 4) is 0 Å². The van der Waals surface area contributed by atoms with Gasteiger partial charge in [0, 0.05) is 4.88 Å². The second kappa shape index (κ2) is 4.57. The number of hydrogen-bond donors (Lipinski definition) is 1. The second-order valence-corrected chi connectivity index (χ2v) is 5.04. The Morgan fingerprint density at radius 2 is 2.12 bits per heavy atom. The number of aromatic nitrogens is 3. The molecule has 0 amide bonds. The maximum absolute atomic E-state index is 12.3. The third kappa shape index (κ3) is 2.91. The van der Waals surface area contributed by atoms with Crippen molar-refractivity contribution in [2.45, 2.75) is 19.6 Å². The summed E-state index contributed by atoms with van der Waals surface area (Å²) in [6, 6.07) is 0. The lowest BCUT2D eigenvalue weighted by Crippen LogP contribution is -2.03. The lowest BCUT2D eigenvalue weighted by molar-refractivity contribution is -0.138. The topological polar surface area (TPSA) is 50.7 Å². The first-order valence-corrected chi connectivity index (χ1v) is 6.20. The van der Waals surface area contributed by atoms with Gasteiger partial charge in [-0.3, -0.25) is 0 Å². The van der Waals surface area contributed by atoms with E-state index in [9.17, 15) is 13.2 Å². The fourth-order valence-corrected chi connectivity index (χ4v) is 2.38. The van der Waals surface area contributed by atoms with Gasteiger partial charge in [-0.05, 0) is 6.92 Å². The number of aryl methyl sites for hydroxylation is 1. The van der Waals surface area contributed by atoms with Crippen LogP contribution in [0.1, 0.15) is 15.6 Å². The molecule has 17 heavy (non-hydrogen) atoms. The summed E-state index contributed by atoms with van der Waals surface area (Å²) in [5.41, 5.74) is 2.55. The summed E-state index contributed by atoms with van der Waals surface area (Å²) in [5.74, 6) is 0. The standard InChI is InChI=1S/C8H7F3N4S2/c1-4-5(16-3-13-4)2-12-7-15-14-6(17-7)8(9,10)11/h3H,2H2,1H3,(H,12,15). The number of alkyl halides is 3. The molecule has 0 saturated carbocycles. The zero-order valence-corrected chi connectivity index (χ0v) is 10.2. The van der Waals surface area contributed by atoms with Crippen LogP contribution in [-0.2, 0) is 12.7 Å². The first kappa shape index (κ1) is 12.2. The Balaban J connectivity index is 2.01. The predicted octanol–water partition coefficient (Wildman–Crippen LogP) is 2.93. The zero-order valence-electron chi connectivity index (χ0n) is 8.58. The molecule has 0 bridgehead atoms. The van der Waals surface area contributed by atoms with Crippen LogP contribution in [0.2, 0.25) is 0 Å². The summed E-state index contributed by atoms with van der Waals surface area (Å²) in [6.45, 7) is 2.25. The summed E-state index contributed by atoms with van der Waals surface area (Å²) in [7, 11) is 0. The highest BCUT2D eigenvalue weighted by molar-refractivity contribution is 7.15. The zero-order chi connectivity index (χ0) is 12.5. The van der Waals surface area contributed by atoms with E-state index in [2.05, 4.69) is 20.5 Å². The molecule has 0 spiro atoms. The minimum Gasteiger partial charge on any atom is -0.355 e. The van der Waals surface area contributed by atoms with E-state index in [1.165, 1.54) is 11.3 Å². The fraction of sp³-hybridized carbons (Fsp3) is 0.375. The Labute approximate surface area is 103 Å². The van der Waals surface area contributed by atoms with Gasteiger partial charge in [0.15, 0.2) is 0 Å². The Morgan fingerprint density at radius 3 is 2.65 bits per heavy atom. The quantitative estimate of drug-likeness (QED) is 0.939. The summed E-state index contributed by atoms with van der Waals surface area (Å²) >= 11 is 1.94. The SMILES string of the molecule is Cc1ncsc1CNc1nnc(C(F)(F)F)s1. The van der Waals surface area contributed by atoms with E-state index in [1.807, 2.05) is 6.92 Å². The highest BCUT2D eigenvalue weighted by atomic mass is 32.1. The average Bonchev–Trinajstić information content (AvgIpc) is 2.82. The van der Waals surface area contributed by atoms with Crippen LogP contribution in [0.4, 0.5) is 18.3 Å². The minimum atomic E-state index is -4.43. The smallest absolute Gasteiger partial charge is 0.355 e. The number of nitrogens with zero attached hydrogens (tertiary/aromatic N) is 3. The molecule has 9 heteroatoms. The third-order valence-corrected chi connectivity index (χ3v) is 3.77. The van der Waals surface area contributed by atoms with Gasteiger partial charge in [0.05, 0.1) is 17.7 Å². The third-order valence-electron chi connectivity index (χ3n) is 1.91. The molecule has 2 heterocycles. The Morgan fingerprint density at radius 1 is 1.35 bits per heavy atom. The van der Waals surface area contributed by atoms with Crippen LogP contribution in [0, 0.1) is 6.92 Å².